The Bertz CT molecular complexity index is 423. The number of hydrogen-bond acceptors (Lipinski definition) is 3. The maximum atomic E-state index is 11.6. The van der Waals surface area contributed by atoms with E-state index in [-0.39, 0.29) is 6.09 Å². The molecule has 3 atom stereocenters. The summed E-state index contributed by atoms with van der Waals surface area (Å²) in [7, 11) is 0. The monoisotopic (exact) mass is 260 g/mol. The highest BCUT2D eigenvalue weighted by atomic mass is 16.5. The normalized spacial score (nSPS) is 28.3. The molecule has 1 saturated heterocycles. The van der Waals surface area contributed by atoms with Gasteiger partial charge in [0.1, 0.15) is 6.61 Å². The van der Waals surface area contributed by atoms with Crippen molar-refractivity contribution in [3.8, 4) is 0 Å². The number of alkyl carbamates (subject to hydrolysis) is 1. The number of amides is 1. The summed E-state index contributed by atoms with van der Waals surface area (Å²) < 4.78 is 5.19. The molecule has 0 bridgehead atoms. The van der Waals surface area contributed by atoms with Crippen LogP contribution in [-0.4, -0.2) is 25.7 Å². The van der Waals surface area contributed by atoms with E-state index in [9.17, 15) is 4.79 Å². The molecule has 4 heteroatoms. The highest BCUT2D eigenvalue weighted by molar-refractivity contribution is 5.67. The molecule has 3 rings (SSSR count). The number of rotatable bonds is 4. The predicted molar refractivity (Wildman–Crippen MR) is 72.6 cm³/mol. The Hall–Kier alpha value is -1.55. The van der Waals surface area contributed by atoms with Gasteiger partial charge in [-0.2, -0.15) is 0 Å². The van der Waals surface area contributed by atoms with Crippen LogP contribution >= 0.6 is 0 Å². The van der Waals surface area contributed by atoms with Gasteiger partial charge >= 0.3 is 6.09 Å². The largest absolute Gasteiger partial charge is 0.445 e. The summed E-state index contributed by atoms with van der Waals surface area (Å²) in [5.74, 6) is 2.23. The van der Waals surface area contributed by atoms with Crippen molar-refractivity contribution in [3.05, 3.63) is 35.9 Å². The molecular weight excluding hydrogens is 240 g/mol. The first-order valence-corrected chi connectivity index (χ1v) is 7.00. The number of ether oxygens (including phenoxy) is 1. The van der Waals surface area contributed by atoms with E-state index in [4.69, 9.17) is 4.74 Å². The zero-order chi connectivity index (χ0) is 13.1. The van der Waals surface area contributed by atoms with Crippen molar-refractivity contribution in [2.45, 2.75) is 13.0 Å². The number of carbonyl (C=O) groups excluding carboxylic acids is 1. The molecule has 1 saturated carbocycles. The molecule has 3 unspecified atom stereocenters. The fraction of sp³-hybridized carbons (Fsp3) is 0.533. The molecule has 1 aliphatic carbocycles. The van der Waals surface area contributed by atoms with Crippen LogP contribution in [0.3, 0.4) is 0 Å². The molecule has 0 aromatic heterocycles. The lowest BCUT2D eigenvalue weighted by Crippen LogP contribution is -2.27. The minimum atomic E-state index is -0.305. The second-order valence-corrected chi connectivity index (χ2v) is 5.43. The van der Waals surface area contributed by atoms with Crippen molar-refractivity contribution >= 4 is 6.09 Å². The van der Waals surface area contributed by atoms with Crippen LogP contribution in [0.1, 0.15) is 12.0 Å². The van der Waals surface area contributed by atoms with Crippen molar-refractivity contribution in [1.82, 2.24) is 10.6 Å². The maximum absolute atomic E-state index is 11.6. The Balaban J connectivity index is 1.36. The minimum Gasteiger partial charge on any atom is -0.445 e. The topological polar surface area (TPSA) is 50.4 Å². The van der Waals surface area contributed by atoms with Gasteiger partial charge in [-0.05, 0) is 42.8 Å². The van der Waals surface area contributed by atoms with Gasteiger partial charge < -0.3 is 15.4 Å². The number of fused-ring (bicyclic) bond motifs is 1. The van der Waals surface area contributed by atoms with Gasteiger partial charge in [0.25, 0.3) is 0 Å². The maximum Gasteiger partial charge on any atom is 0.407 e. The lowest BCUT2D eigenvalue weighted by Gasteiger charge is -2.07. The van der Waals surface area contributed by atoms with Crippen LogP contribution in [0, 0.1) is 17.8 Å². The van der Waals surface area contributed by atoms with Crippen LogP contribution < -0.4 is 10.6 Å². The number of benzene rings is 1. The van der Waals surface area contributed by atoms with E-state index >= 15 is 0 Å². The molecule has 2 aliphatic rings. The van der Waals surface area contributed by atoms with Crippen molar-refractivity contribution in [3.63, 3.8) is 0 Å². The van der Waals surface area contributed by atoms with E-state index in [1.807, 2.05) is 30.3 Å². The van der Waals surface area contributed by atoms with Gasteiger partial charge in [0.05, 0.1) is 0 Å². The Labute approximate surface area is 113 Å². The molecule has 19 heavy (non-hydrogen) atoms. The predicted octanol–water partition coefficient (Wildman–Crippen LogP) is 1.77. The van der Waals surface area contributed by atoms with Gasteiger partial charge in [0.2, 0.25) is 0 Å². The van der Waals surface area contributed by atoms with E-state index in [2.05, 4.69) is 10.6 Å². The third-order valence-corrected chi connectivity index (χ3v) is 4.24. The SMILES string of the molecule is O=C(NCC1C2CCNCC21)OCc1ccccc1. The summed E-state index contributed by atoms with van der Waals surface area (Å²) in [6, 6.07) is 9.74. The summed E-state index contributed by atoms with van der Waals surface area (Å²) in [4.78, 5) is 11.6. The molecule has 2 fully saturated rings. The van der Waals surface area contributed by atoms with Gasteiger partial charge in [0.15, 0.2) is 0 Å². The molecule has 4 nitrogen and oxygen atoms in total. The Kier molecular flexibility index (Phi) is 3.69. The van der Waals surface area contributed by atoms with E-state index in [1.165, 1.54) is 6.42 Å². The Morgan fingerprint density at radius 1 is 1.32 bits per heavy atom. The van der Waals surface area contributed by atoms with Gasteiger partial charge in [-0.25, -0.2) is 4.79 Å². The van der Waals surface area contributed by atoms with Crippen molar-refractivity contribution in [1.29, 1.82) is 0 Å². The molecule has 0 radical (unpaired) electrons. The van der Waals surface area contributed by atoms with E-state index in [1.54, 1.807) is 0 Å². The van der Waals surface area contributed by atoms with E-state index in [0.717, 1.165) is 37.0 Å². The zero-order valence-electron chi connectivity index (χ0n) is 11.0. The molecule has 1 aliphatic heterocycles. The second-order valence-electron chi connectivity index (χ2n) is 5.43. The highest BCUT2D eigenvalue weighted by Crippen LogP contribution is 2.49. The average molecular weight is 260 g/mol. The number of hydrogen-bond donors (Lipinski definition) is 2. The zero-order valence-corrected chi connectivity index (χ0v) is 11.0. The molecule has 102 valence electrons. The molecule has 0 spiro atoms. The van der Waals surface area contributed by atoms with Crippen LogP contribution in [0.2, 0.25) is 0 Å². The smallest absolute Gasteiger partial charge is 0.407 e. The third-order valence-electron chi connectivity index (χ3n) is 4.24. The number of nitrogens with one attached hydrogen (secondary N) is 2. The number of piperidine rings is 1. The van der Waals surface area contributed by atoms with Gasteiger partial charge in [-0.3, -0.25) is 0 Å². The summed E-state index contributed by atoms with van der Waals surface area (Å²) >= 11 is 0. The van der Waals surface area contributed by atoms with E-state index < -0.39 is 0 Å². The van der Waals surface area contributed by atoms with Crippen molar-refractivity contribution in [2.75, 3.05) is 19.6 Å². The standard InChI is InChI=1S/C15H20N2O2/c18-15(19-10-11-4-2-1-3-5-11)17-9-14-12-6-7-16-8-13(12)14/h1-5,12-14,16H,6-10H2,(H,17,18). The Morgan fingerprint density at radius 3 is 2.89 bits per heavy atom. The van der Waals surface area contributed by atoms with Crippen LogP contribution in [0.25, 0.3) is 0 Å². The van der Waals surface area contributed by atoms with Gasteiger partial charge in [-0.1, -0.05) is 30.3 Å². The molecule has 2 N–H and O–H groups in total. The first kappa shape index (κ1) is 12.5. The molecular formula is C15H20N2O2. The van der Waals surface area contributed by atoms with Crippen LogP contribution in [0.15, 0.2) is 30.3 Å². The molecule has 1 heterocycles. The average Bonchev–Trinajstić information content (AvgIpc) is 3.17. The second kappa shape index (κ2) is 5.61. The fourth-order valence-electron chi connectivity index (χ4n) is 3.07. The summed E-state index contributed by atoms with van der Waals surface area (Å²) in [6.45, 7) is 3.32. The van der Waals surface area contributed by atoms with Crippen LogP contribution in [0.4, 0.5) is 4.79 Å². The summed E-state index contributed by atoms with van der Waals surface area (Å²) in [6.07, 6.45) is 0.941. The lowest BCUT2D eigenvalue weighted by molar-refractivity contribution is 0.139. The number of carbonyl (C=O) groups is 1. The lowest BCUT2D eigenvalue weighted by atomic mass is 10.2. The minimum absolute atomic E-state index is 0.305. The van der Waals surface area contributed by atoms with Crippen molar-refractivity contribution in [2.24, 2.45) is 17.8 Å². The first-order chi connectivity index (χ1) is 9.34. The van der Waals surface area contributed by atoms with Crippen molar-refractivity contribution < 1.29 is 9.53 Å². The first-order valence-electron chi connectivity index (χ1n) is 7.00. The quantitative estimate of drug-likeness (QED) is 0.867. The van der Waals surface area contributed by atoms with Crippen LogP contribution in [-0.2, 0) is 11.3 Å². The molecule has 1 aromatic rings. The third kappa shape index (κ3) is 3.07. The van der Waals surface area contributed by atoms with Gasteiger partial charge in [-0.15, -0.1) is 0 Å². The fourth-order valence-corrected chi connectivity index (χ4v) is 3.07. The molecule has 1 amide bonds. The molecule has 1 aromatic carbocycles. The van der Waals surface area contributed by atoms with Crippen LogP contribution in [0.5, 0.6) is 0 Å². The Morgan fingerprint density at radius 2 is 2.16 bits per heavy atom. The highest BCUT2D eigenvalue weighted by Gasteiger charge is 2.50. The summed E-state index contributed by atoms with van der Waals surface area (Å²) in [5.41, 5.74) is 1.02. The van der Waals surface area contributed by atoms with Gasteiger partial charge in [0, 0.05) is 6.54 Å². The summed E-state index contributed by atoms with van der Waals surface area (Å²) in [5, 5.41) is 6.28. The van der Waals surface area contributed by atoms with E-state index in [0.29, 0.717) is 12.5 Å².